The Morgan fingerprint density at radius 3 is 2.55 bits per heavy atom. The Hall–Kier alpha value is -3.00. The van der Waals surface area contributed by atoms with Crippen LogP contribution in [0.5, 0.6) is 0 Å². The number of carbonyl (C=O) groups excluding carboxylic acids is 2. The zero-order valence-corrected chi connectivity index (χ0v) is 17.0. The first-order chi connectivity index (χ1) is 14.0. The van der Waals surface area contributed by atoms with Gasteiger partial charge in [0.05, 0.1) is 10.9 Å². The fourth-order valence-electron chi connectivity index (χ4n) is 3.06. The molecule has 4 rings (SSSR count). The Morgan fingerprint density at radius 2 is 1.86 bits per heavy atom. The van der Waals surface area contributed by atoms with Crippen LogP contribution in [0, 0.1) is 0 Å². The zero-order chi connectivity index (χ0) is 20.4. The van der Waals surface area contributed by atoms with Crippen LogP contribution in [0.4, 0.5) is 5.69 Å². The monoisotopic (exact) mass is 407 g/mol. The van der Waals surface area contributed by atoms with Gasteiger partial charge in [0.25, 0.3) is 0 Å². The third kappa shape index (κ3) is 4.22. The number of carbonyl (C=O) groups is 2. The van der Waals surface area contributed by atoms with Gasteiger partial charge in [-0.2, -0.15) is 0 Å². The Kier molecular flexibility index (Phi) is 5.44. The molecule has 0 aliphatic heterocycles. The summed E-state index contributed by atoms with van der Waals surface area (Å²) < 4.78 is 2.12. The van der Waals surface area contributed by atoms with E-state index in [1.165, 1.54) is 18.7 Å². The van der Waals surface area contributed by atoms with Crippen LogP contribution >= 0.6 is 11.8 Å². The van der Waals surface area contributed by atoms with E-state index in [9.17, 15) is 9.59 Å². The number of pyridine rings is 1. The van der Waals surface area contributed by atoms with Crippen molar-refractivity contribution in [3.8, 4) is 11.4 Å². The number of amides is 1. The molecule has 2 aromatic heterocycles. The van der Waals surface area contributed by atoms with E-state index in [-0.39, 0.29) is 11.7 Å². The fraction of sp³-hybridized carbons (Fsp3) is 0.286. The summed E-state index contributed by atoms with van der Waals surface area (Å²) in [5.74, 6) is 0.531. The first-order valence-corrected chi connectivity index (χ1v) is 10.4. The van der Waals surface area contributed by atoms with E-state index in [1.54, 1.807) is 36.7 Å². The van der Waals surface area contributed by atoms with Crippen molar-refractivity contribution in [3.05, 3.63) is 54.4 Å². The second-order valence-electron chi connectivity index (χ2n) is 6.99. The fourth-order valence-corrected chi connectivity index (χ4v) is 3.98. The molecule has 1 fully saturated rings. The van der Waals surface area contributed by atoms with Gasteiger partial charge in [0.15, 0.2) is 16.8 Å². The minimum absolute atomic E-state index is 0.0864. The predicted octanol–water partition coefficient (Wildman–Crippen LogP) is 4.00. The number of thioether (sulfide) groups is 1. The third-order valence-corrected chi connectivity index (χ3v) is 5.79. The summed E-state index contributed by atoms with van der Waals surface area (Å²) in [4.78, 5) is 28.6. The highest BCUT2D eigenvalue weighted by Gasteiger charge is 2.31. The Morgan fingerprint density at radius 1 is 1.14 bits per heavy atom. The molecule has 1 atom stereocenters. The van der Waals surface area contributed by atoms with Crippen LogP contribution in [-0.4, -0.2) is 36.7 Å². The van der Waals surface area contributed by atoms with E-state index < -0.39 is 5.25 Å². The van der Waals surface area contributed by atoms with Crippen molar-refractivity contribution < 1.29 is 9.59 Å². The van der Waals surface area contributed by atoms with E-state index in [2.05, 4.69) is 25.1 Å². The number of ketones is 1. The van der Waals surface area contributed by atoms with Crippen LogP contribution in [0.1, 0.15) is 43.1 Å². The highest BCUT2D eigenvalue weighted by molar-refractivity contribution is 8.00. The molecule has 1 N–H and O–H groups in total. The van der Waals surface area contributed by atoms with Gasteiger partial charge in [-0.05, 0) is 51.0 Å². The Bertz CT molecular complexity index is 1050. The molecule has 3 aromatic rings. The molecule has 0 spiro atoms. The molecule has 1 amide bonds. The van der Waals surface area contributed by atoms with E-state index in [0.717, 1.165) is 29.4 Å². The highest BCUT2D eigenvalue weighted by Crippen LogP contribution is 2.41. The van der Waals surface area contributed by atoms with Gasteiger partial charge >= 0.3 is 0 Å². The molecule has 148 valence electrons. The van der Waals surface area contributed by atoms with Gasteiger partial charge < -0.3 is 5.32 Å². The zero-order valence-electron chi connectivity index (χ0n) is 16.2. The van der Waals surface area contributed by atoms with E-state index in [1.807, 2.05) is 19.1 Å². The molecular formula is C21H21N5O2S. The smallest absolute Gasteiger partial charge is 0.237 e. The number of hydrogen-bond donors (Lipinski definition) is 1. The van der Waals surface area contributed by atoms with Gasteiger partial charge in [0.1, 0.15) is 0 Å². The lowest BCUT2D eigenvalue weighted by Gasteiger charge is -2.14. The van der Waals surface area contributed by atoms with Crippen LogP contribution in [0.2, 0.25) is 0 Å². The second-order valence-corrected chi connectivity index (χ2v) is 8.30. The van der Waals surface area contributed by atoms with Gasteiger partial charge in [0.2, 0.25) is 5.91 Å². The van der Waals surface area contributed by atoms with Crippen LogP contribution < -0.4 is 5.32 Å². The van der Waals surface area contributed by atoms with Gasteiger partial charge in [-0.1, -0.05) is 23.9 Å². The van der Waals surface area contributed by atoms with Crippen LogP contribution in [0.15, 0.2) is 53.9 Å². The van der Waals surface area contributed by atoms with E-state index in [0.29, 0.717) is 17.3 Å². The van der Waals surface area contributed by atoms with Crippen molar-refractivity contribution >= 4 is 29.1 Å². The summed E-state index contributed by atoms with van der Waals surface area (Å²) in [5.41, 5.74) is 1.98. The Balaban J connectivity index is 1.53. The van der Waals surface area contributed by atoms with Gasteiger partial charge in [0, 0.05) is 29.6 Å². The van der Waals surface area contributed by atoms with Crippen molar-refractivity contribution in [2.24, 2.45) is 0 Å². The van der Waals surface area contributed by atoms with Crippen molar-refractivity contribution in [1.29, 1.82) is 0 Å². The molecule has 0 saturated heterocycles. The van der Waals surface area contributed by atoms with E-state index in [4.69, 9.17) is 0 Å². The molecule has 1 aliphatic carbocycles. The average molecular weight is 407 g/mol. The standard InChI is InChI=1S/C21H21N5O2S/c1-13(27)17-5-3-4-6-18(17)23-20(28)14(2)29-21-25-24-19(26(21)16-7-8-16)15-9-11-22-12-10-15/h3-6,9-12,14,16H,7-8H2,1-2H3,(H,23,28)/t14-/m0/s1. The van der Waals surface area contributed by atoms with Crippen molar-refractivity contribution in [1.82, 2.24) is 19.7 Å². The number of anilines is 1. The number of Topliss-reactive ketones (excluding diaryl/α,β-unsaturated/α-hetero) is 1. The largest absolute Gasteiger partial charge is 0.324 e. The van der Waals surface area contributed by atoms with Gasteiger partial charge in [-0.3, -0.25) is 19.1 Å². The lowest BCUT2D eigenvalue weighted by molar-refractivity contribution is -0.115. The maximum Gasteiger partial charge on any atom is 0.237 e. The number of nitrogens with zero attached hydrogens (tertiary/aromatic N) is 4. The Labute approximate surface area is 173 Å². The number of hydrogen-bond acceptors (Lipinski definition) is 6. The molecule has 1 aromatic carbocycles. The topological polar surface area (TPSA) is 89.8 Å². The summed E-state index contributed by atoms with van der Waals surface area (Å²) in [5, 5.41) is 11.9. The van der Waals surface area contributed by atoms with Crippen molar-refractivity contribution in [2.45, 2.75) is 43.1 Å². The molecule has 29 heavy (non-hydrogen) atoms. The van der Waals surface area contributed by atoms with Crippen LogP contribution in [-0.2, 0) is 4.79 Å². The maximum atomic E-state index is 12.8. The lowest BCUT2D eigenvalue weighted by Crippen LogP contribution is -2.24. The molecule has 0 radical (unpaired) electrons. The second kappa shape index (κ2) is 8.16. The average Bonchev–Trinajstić information content (AvgIpc) is 3.48. The normalized spacial score (nSPS) is 14.4. The molecular weight excluding hydrogens is 386 g/mol. The highest BCUT2D eigenvalue weighted by atomic mass is 32.2. The predicted molar refractivity (Wildman–Crippen MR) is 112 cm³/mol. The summed E-state index contributed by atoms with van der Waals surface area (Å²) >= 11 is 1.37. The molecule has 0 bridgehead atoms. The van der Waals surface area contributed by atoms with Crippen LogP contribution in [0.3, 0.4) is 0 Å². The lowest BCUT2D eigenvalue weighted by atomic mass is 10.1. The quantitative estimate of drug-likeness (QED) is 0.470. The summed E-state index contributed by atoms with van der Waals surface area (Å²) in [6, 6.07) is 11.2. The molecule has 0 unspecified atom stereocenters. The first-order valence-electron chi connectivity index (χ1n) is 9.47. The maximum absolute atomic E-state index is 12.8. The van der Waals surface area contributed by atoms with Crippen LogP contribution in [0.25, 0.3) is 11.4 Å². The van der Waals surface area contributed by atoms with Crippen molar-refractivity contribution in [2.75, 3.05) is 5.32 Å². The number of rotatable bonds is 7. The van der Waals surface area contributed by atoms with E-state index >= 15 is 0 Å². The summed E-state index contributed by atoms with van der Waals surface area (Å²) in [6.45, 7) is 3.32. The molecule has 8 heteroatoms. The number of benzene rings is 1. The third-order valence-electron chi connectivity index (χ3n) is 4.73. The minimum atomic E-state index is -0.401. The number of aromatic nitrogens is 4. The molecule has 2 heterocycles. The minimum Gasteiger partial charge on any atom is -0.324 e. The molecule has 7 nitrogen and oxygen atoms in total. The SMILES string of the molecule is CC(=O)c1ccccc1NC(=O)[C@H](C)Sc1nnc(-c2ccncc2)n1C1CC1. The van der Waals surface area contributed by atoms with Crippen molar-refractivity contribution in [3.63, 3.8) is 0 Å². The first kappa shape index (κ1) is 19.3. The number of nitrogens with one attached hydrogen (secondary N) is 1. The van der Waals surface area contributed by atoms with Gasteiger partial charge in [-0.25, -0.2) is 0 Å². The molecule has 1 saturated carbocycles. The van der Waals surface area contributed by atoms with Gasteiger partial charge in [-0.15, -0.1) is 10.2 Å². The number of para-hydroxylation sites is 1. The summed E-state index contributed by atoms with van der Waals surface area (Å²) in [7, 11) is 0. The summed E-state index contributed by atoms with van der Waals surface area (Å²) in [6.07, 6.45) is 5.62. The molecule has 1 aliphatic rings.